The zero-order valence-electron chi connectivity index (χ0n) is 25.9. The van der Waals surface area contributed by atoms with Crippen molar-refractivity contribution in [1.82, 2.24) is 34.7 Å². The molecule has 0 spiro atoms. The highest BCUT2D eigenvalue weighted by molar-refractivity contribution is 5.98. The van der Waals surface area contributed by atoms with Crippen molar-refractivity contribution in [2.24, 2.45) is 0 Å². The standard InChI is InChI=1S/C32H38N10O3/c1-20(43)41-15-13-40(14-16-41)18-21-5-7-22(8-6-21)28-27-29(33)34-19-35-30(27)42(38-28)24-11-9-23(10-12-24)36-31(44)37-26-17-25(45-39-26)32(2,3)4/h5-12,17,19,31,36,44H,13-16,18H2,1-4H3,(H,37,39)(H2,33,34,35). The topological polar surface area (TPSA) is 163 Å². The van der Waals surface area contributed by atoms with Gasteiger partial charge in [0.2, 0.25) is 12.3 Å². The van der Waals surface area contributed by atoms with Gasteiger partial charge in [0, 0.05) is 62.4 Å². The first-order valence-corrected chi connectivity index (χ1v) is 14.9. The Kier molecular flexibility index (Phi) is 8.12. The van der Waals surface area contributed by atoms with Gasteiger partial charge in [-0.1, -0.05) is 50.2 Å². The van der Waals surface area contributed by atoms with Crippen molar-refractivity contribution in [1.29, 1.82) is 0 Å². The molecule has 3 aromatic heterocycles. The van der Waals surface area contributed by atoms with Crippen molar-refractivity contribution in [3.63, 3.8) is 0 Å². The molecule has 13 heteroatoms. The van der Waals surface area contributed by atoms with E-state index in [4.69, 9.17) is 15.4 Å². The van der Waals surface area contributed by atoms with Gasteiger partial charge in [-0.3, -0.25) is 9.69 Å². The molecule has 0 radical (unpaired) electrons. The summed E-state index contributed by atoms with van der Waals surface area (Å²) in [6.45, 7) is 11.7. The Bertz CT molecular complexity index is 1780. The summed E-state index contributed by atoms with van der Waals surface area (Å²) in [6, 6.07) is 17.5. The van der Waals surface area contributed by atoms with E-state index in [1.54, 1.807) is 17.7 Å². The highest BCUT2D eigenvalue weighted by Gasteiger charge is 2.22. The number of carbonyl (C=O) groups is 1. The van der Waals surface area contributed by atoms with E-state index in [-0.39, 0.29) is 11.3 Å². The van der Waals surface area contributed by atoms with Gasteiger partial charge < -0.3 is 30.9 Å². The van der Waals surface area contributed by atoms with E-state index in [2.05, 4.69) is 42.8 Å². The minimum Gasteiger partial charge on any atom is -0.383 e. The number of aliphatic hydroxyl groups is 1. The Balaban J connectivity index is 1.17. The first-order valence-electron chi connectivity index (χ1n) is 14.9. The number of piperazine rings is 1. The molecule has 0 bridgehead atoms. The molecule has 6 rings (SSSR count). The molecule has 1 amide bonds. The number of amides is 1. The molecular formula is C32H38N10O3. The summed E-state index contributed by atoms with van der Waals surface area (Å²) >= 11 is 0. The van der Waals surface area contributed by atoms with Crippen molar-refractivity contribution in [3.8, 4) is 16.9 Å². The average Bonchev–Trinajstić information content (AvgIpc) is 3.64. The minimum absolute atomic E-state index is 0.131. The quantitative estimate of drug-likeness (QED) is 0.189. The fourth-order valence-corrected chi connectivity index (χ4v) is 5.33. The molecule has 1 saturated heterocycles. The second-order valence-corrected chi connectivity index (χ2v) is 12.3. The summed E-state index contributed by atoms with van der Waals surface area (Å²) in [7, 11) is 0. The third-order valence-electron chi connectivity index (χ3n) is 7.89. The Hall–Kier alpha value is -5.01. The van der Waals surface area contributed by atoms with E-state index >= 15 is 0 Å². The smallest absolute Gasteiger partial charge is 0.219 e. The lowest BCUT2D eigenvalue weighted by atomic mass is 9.93. The van der Waals surface area contributed by atoms with Gasteiger partial charge in [0.25, 0.3) is 0 Å². The molecule has 1 aliphatic heterocycles. The molecule has 0 saturated carbocycles. The van der Waals surface area contributed by atoms with Crippen LogP contribution in [0.15, 0.2) is 65.4 Å². The van der Waals surface area contributed by atoms with Gasteiger partial charge >= 0.3 is 0 Å². The SMILES string of the molecule is CC(=O)N1CCN(Cc2ccc(-c3nn(-c4ccc(NC(O)Nc5cc(C(C)(C)C)on5)cc4)c4ncnc(N)c34)cc2)CC1. The van der Waals surface area contributed by atoms with Gasteiger partial charge in [-0.15, -0.1) is 0 Å². The van der Waals surface area contributed by atoms with Crippen molar-refractivity contribution < 1.29 is 14.4 Å². The second kappa shape index (κ2) is 12.2. The fraction of sp³-hybridized carbons (Fsp3) is 0.344. The van der Waals surface area contributed by atoms with Crippen LogP contribution in [0.2, 0.25) is 0 Å². The lowest BCUT2D eigenvalue weighted by Gasteiger charge is -2.34. The van der Waals surface area contributed by atoms with Crippen LogP contribution in [-0.2, 0) is 16.8 Å². The number of aliphatic hydroxyl groups excluding tert-OH is 1. The molecule has 234 valence electrons. The van der Waals surface area contributed by atoms with E-state index in [1.165, 1.54) is 11.9 Å². The maximum atomic E-state index is 11.6. The predicted octanol–water partition coefficient (Wildman–Crippen LogP) is 3.81. The lowest BCUT2D eigenvalue weighted by Crippen LogP contribution is -2.47. The second-order valence-electron chi connectivity index (χ2n) is 12.3. The van der Waals surface area contributed by atoms with Gasteiger partial charge in [0.05, 0.1) is 11.1 Å². The van der Waals surface area contributed by atoms with Crippen molar-refractivity contribution in [3.05, 3.63) is 72.2 Å². The molecule has 1 atom stereocenters. The number of aromatic nitrogens is 5. The minimum atomic E-state index is -1.09. The van der Waals surface area contributed by atoms with Crippen LogP contribution in [0.1, 0.15) is 39.0 Å². The predicted molar refractivity (Wildman–Crippen MR) is 172 cm³/mol. The number of nitrogens with two attached hydrogens (primary N) is 1. The maximum Gasteiger partial charge on any atom is 0.219 e. The summed E-state index contributed by atoms with van der Waals surface area (Å²) in [6.07, 6.45) is 0.341. The van der Waals surface area contributed by atoms with Gasteiger partial charge in [0.15, 0.2) is 11.5 Å². The molecule has 5 N–H and O–H groups in total. The van der Waals surface area contributed by atoms with Crippen LogP contribution in [-0.4, -0.2) is 78.2 Å². The third kappa shape index (κ3) is 6.59. The molecule has 0 aliphatic carbocycles. The maximum absolute atomic E-state index is 11.6. The molecule has 1 fully saturated rings. The van der Waals surface area contributed by atoms with Crippen LogP contribution in [0.25, 0.3) is 28.0 Å². The Morgan fingerprint density at radius 2 is 1.73 bits per heavy atom. The van der Waals surface area contributed by atoms with Gasteiger partial charge in [-0.25, -0.2) is 14.6 Å². The summed E-state index contributed by atoms with van der Waals surface area (Å²) in [5.41, 5.74) is 11.0. The molecule has 5 aromatic rings. The molecular weight excluding hydrogens is 572 g/mol. The summed E-state index contributed by atoms with van der Waals surface area (Å²) in [5.74, 6) is 1.63. The molecule has 1 unspecified atom stereocenters. The number of anilines is 3. The van der Waals surface area contributed by atoms with Crippen LogP contribution in [0.3, 0.4) is 0 Å². The number of rotatable bonds is 8. The summed E-state index contributed by atoms with van der Waals surface area (Å²) in [4.78, 5) is 24.6. The molecule has 2 aromatic carbocycles. The van der Waals surface area contributed by atoms with E-state index in [0.717, 1.165) is 44.0 Å². The zero-order valence-corrected chi connectivity index (χ0v) is 25.9. The van der Waals surface area contributed by atoms with Crippen molar-refractivity contribution in [2.75, 3.05) is 42.5 Å². The number of hydrogen-bond donors (Lipinski definition) is 4. The van der Waals surface area contributed by atoms with Crippen LogP contribution in [0, 0.1) is 0 Å². The Morgan fingerprint density at radius 3 is 2.38 bits per heavy atom. The number of nitrogens with one attached hydrogen (secondary N) is 2. The Labute approximate surface area is 261 Å². The van der Waals surface area contributed by atoms with Gasteiger partial charge in [-0.05, 0) is 29.8 Å². The van der Waals surface area contributed by atoms with E-state index in [0.29, 0.717) is 39.8 Å². The number of hydrogen-bond acceptors (Lipinski definition) is 11. The number of fused-ring (bicyclic) bond motifs is 1. The number of carbonyl (C=O) groups excluding carboxylic acids is 1. The number of nitrogens with zero attached hydrogens (tertiary/aromatic N) is 7. The highest BCUT2D eigenvalue weighted by atomic mass is 16.5. The van der Waals surface area contributed by atoms with Crippen LogP contribution >= 0.6 is 0 Å². The fourth-order valence-electron chi connectivity index (χ4n) is 5.33. The largest absolute Gasteiger partial charge is 0.383 e. The van der Waals surface area contributed by atoms with Crippen molar-refractivity contribution in [2.45, 2.75) is 46.0 Å². The van der Waals surface area contributed by atoms with Gasteiger partial charge in [0.1, 0.15) is 23.6 Å². The highest BCUT2D eigenvalue weighted by Crippen LogP contribution is 2.32. The summed E-state index contributed by atoms with van der Waals surface area (Å²) < 4.78 is 7.12. The van der Waals surface area contributed by atoms with Crippen LogP contribution in [0.4, 0.5) is 17.3 Å². The van der Waals surface area contributed by atoms with E-state index in [9.17, 15) is 9.90 Å². The van der Waals surface area contributed by atoms with Crippen LogP contribution in [0.5, 0.6) is 0 Å². The van der Waals surface area contributed by atoms with E-state index < -0.39 is 6.35 Å². The number of benzene rings is 2. The first kappa shape index (κ1) is 30.0. The average molecular weight is 611 g/mol. The molecule has 45 heavy (non-hydrogen) atoms. The number of nitrogen functional groups attached to an aromatic ring is 1. The monoisotopic (exact) mass is 610 g/mol. The zero-order chi connectivity index (χ0) is 31.7. The van der Waals surface area contributed by atoms with Crippen LogP contribution < -0.4 is 16.4 Å². The third-order valence-corrected chi connectivity index (χ3v) is 7.89. The first-order chi connectivity index (χ1) is 21.5. The summed E-state index contributed by atoms with van der Waals surface area (Å²) in [5, 5.41) is 26.0. The van der Waals surface area contributed by atoms with Crippen molar-refractivity contribution >= 4 is 34.3 Å². The van der Waals surface area contributed by atoms with E-state index in [1.807, 2.05) is 62.1 Å². The molecule has 13 nitrogen and oxygen atoms in total. The normalized spacial score (nSPS) is 14.9. The van der Waals surface area contributed by atoms with Gasteiger partial charge in [-0.2, -0.15) is 5.10 Å². The molecule has 4 heterocycles. The molecule has 1 aliphatic rings. The Morgan fingerprint density at radius 1 is 1.02 bits per heavy atom. The lowest BCUT2D eigenvalue weighted by molar-refractivity contribution is -0.130.